The van der Waals surface area contributed by atoms with Gasteiger partial charge in [0.05, 0.1) is 0 Å². The first kappa shape index (κ1) is 15.1. The number of nitrogens with zero attached hydrogens (tertiary/aromatic N) is 1. The Balaban J connectivity index is 1.94. The molecule has 19 heavy (non-hydrogen) atoms. The van der Waals surface area contributed by atoms with Gasteiger partial charge >= 0.3 is 0 Å². The lowest BCUT2D eigenvalue weighted by Crippen LogP contribution is -2.50. The first-order valence-corrected chi connectivity index (χ1v) is 8.62. The summed E-state index contributed by atoms with van der Waals surface area (Å²) in [5, 5.41) is 0. The molecule has 0 N–H and O–H groups in total. The molecule has 2 aliphatic heterocycles. The highest BCUT2D eigenvalue weighted by molar-refractivity contribution is 5.08. The Kier molecular flexibility index (Phi) is 5.94. The van der Waals surface area contributed by atoms with E-state index in [1.54, 1.807) is 0 Å². The van der Waals surface area contributed by atoms with Crippen molar-refractivity contribution in [2.24, 2.45) is 0 Å². The Bertz CT molecular complexity index is 283. The van der Waals surface area contributed by atoms with Gasteiger partial charge in [0.1, 0.15) is 0 Å². The summed E-state index contributed by atoms with van der Waals surface area (Å²) in [7, 11) is 0. The lowest BCUT2D eigenvalue weighted by Gasteiger charge is -2.46. The maximum atomic E-state index is 4.27. The van der Waals surface area contributed by atoms with E-state index in [2.05, 4.69) is 18.4 Å². The van der Waals surface area contributed by atoms with Crippen molar-refractivity contribution < 1.29 is 0 Å². The van der Waals surface area contributed by atoms with Gasteiger partial charge in [-0.2, -0.15) is 0 Å². The summed E-state index contributed by atoms with van der Waals surface area (Å²) in [6.07, 6.45) is 16.9. The highest BCUT2D eigenvalue weighted by Gasteiger charge is 2.34. The third-order valence-electron chi connectivity index (χ3n) is 5.27. The molecule has 1 atom stereocenters. The third-order valence-corrected chi connectivity index (χ3v) is 5.27. The zero-order valence-electron chi connectivity index (χ0n) is 13.1. The van der Waals surface area contributed by atoms with Crippen LogP contribution in [0.25, 0.3) is 0 Å². The Morgan fingerprint density at radius 1 is 0.842 bits per heavy atom. The molecule has 0 aromatic rings. The first-order valence-electron chi connectivity index (χ1n) is 8.62. The van der Waals surface area contributed by atoms with E-state index < -0.39 is 0 Å². The molecular weight excluding hydrogens is 230 g/mol. The quantitative estimate of drug-likeness (QED) is 0.535. The minimum atomic E-state index is 0.420. The SMILES string of the molecule is C=C1CCN2CCCCCCCCCCCC2(C)C1. The predicted octanol–water partition coefficient (Wildman–Crippen LogP) is 5.31. The smallest absolute Gasteiger partial charge is 0.0218 e. The molecule has 0 bridgehead atoms. The summed E-state index contributed by atoms with van der Waals surface area (Å²) in [5.41, 5.74) is 1.91. The van der Waals surface area contributed by atoms with Gasteiger partial charge in [0, 0.05) is 12.1 Å². The standard InChI is InChI=1S/C18H33N/c1-17-12-15-19-14-11-9-7-5-3-4-6-8-10-13-18(19,2)16-17/h1,3-16H2,2H3. The van der Waals surface area contributed by atoms with Crippen molar-refractivity contribution >= 4 is 0 Å². The fourth-order valence-corrected chi connectivity index (χ4v) is 3.98. The van der Waals surface area contributed by atoms with Gasteiger partial charge in [-0.15, -0.1) is 0 Å². The fourth-order valence-electron chi connectivity index (χ4n) is 3.98. The number of fused-ring (bicyclic) bond motifs is 1. The van der Waals surface area contributed by atoms with Gasteiger partial charge < -0.3 is 0 Å². The molecule has 1 unspecified atom stereocenters. The van der Waals surface area contributed by atoms with E-state index in [1.165, 1.54) is 95.7 Å². The van der Waals surface area contributed by atoms with E-state index >= 15 is 0 Å². The summed E-state index contributed by atoms with van der Waals surface area (Å²) in [6.45, 7) is 9.35. The molecule has 0 aromatic heterocycles. The van der Waals surface area contributed by atoms with Crippen LogP contribution in [0, 0.1) is 0 Å². The third kappa shape index (κ3) is 4.63. The van der Waals surface area contributed by atoms with Crippen LogP contribution in [0.4, 0.5) is 0 Å². The molecular formula is C18H33N. The van der Waals surface area contributed by atoms with E-state index in [-0.39, 0.29) is 0 Å². The van der Waals surface area contributed by atoms with Gasteiger partial charge in [0.25, 0.3) is 0 Å². The van der Waals surface area contributed by atoms with Crippen molar-refractivity contribution in [3.63, 3.8) is 0 Å². The predicted molar refractivity (Wildman–Crippen MR) is 84.5 cm³/mol. The summed E-state index contributed by atoms with van der Waals surface area (Å²) in [6, 6.07) is 0. The molecule has 2 saturated heterocycles. The monoisotopic (exact) mass is 263 g/mol. The maximum Gasteiger partial charge on any atom is 0.0218 e. The summed E-state index contributed by atoms with van der Waals surface area (Å²) < 4.78 is 0. The molecule has 0 aromatic carbocycles. The van der Waals surface area contributed by atoms with E-state index in [0.717, 1.165) is 0 Å². The van der Waals surface area contributed by atoms with E-state index in [9.17, 15) is 0 Å². The molecule has 1 heteroatoms. The van der Waals surface area contributed by atoms with Crippen molar-refractivity contribution in [1.29, 1.82) is 0 Å². The zero-order chi connectivity index (χ0) is 13.6. The van der Waals surface area contributed by atoms with Gasteiger partial charge in [-0.1, -0.05) is 63.5 Å². The van der Waals surface area contributed by atoms with Crippen LogP contribution in [0.15, 0.2) is 12.2 Å². The average Bonchev–Trinajstić information content (AvgIpc) is 2.39. The van der Waals surface area contributed by atoms with Crippen LogP contribution in [-0.2, 0) is 0 Å². The molecule has 2 rings (SSSR count). The van der Waals surface area contributed by atoms with E-state index in [1.807, 2.05) is 0 Å². The molecule has 1 nitrogen and oxygen atoms in total. The van der Waals surface area contributed by atoms with Crippen LogP contribution in [0.2, 0.25) is 0 Å². The van der Waals surface area contributed by atoms with Crippen LogP contribution in [0.5, 0.6) is 0 Å². The second-order valence-electron chi connectivity index (χ2n) is 7.09. The maximum absolute atomic E-state index is 4.27. The fraction of sp³-hybridized carbons (Fsp3) is 0.889. The second-order valence-corrected chi connectivity index (χ2v) is 7.09. The van der Waals surface area contributed by atoms with Crippen molar-refractivity contribution in [3.8, 4) is 0 Å². The molecule has 110 valence electrons. The van der Waals surface area contributed by atoms with Crippen LogP contribution < -0.4 is 0 Å². The molecule has 2 aliphatic rings. The first-order chi connectivity index (χ1) is 9.21. The van der Waals surface area contributed by atoms with Crippen LogP contribution in [0.3, 0.4) is 0 Å². The molecule has 2 heterocycles. The van der Waals surface area contributed by atoms with Gasteiger partial charge in [-0.25, -0.2) is 0 Å². The minimum Gasteiger partial charge on any atom is -0.297 e. The van der Waals surface area contributed by atoms with Gasteiger partial charge in [-0.3, -0.25) is 4.90 Å². The number of hydrogen-bond acceptors (Lipinski definition) is 1. The Morgan fingerprint density at radius 2 is 1.42 bits per heavy atom. The van der Waals surface area contributed by atoms with Gasteiger partial charge in [0.2, 0.25) is 0 Å². The summed E-state index contributed by atoms with van der Waals surface area (Å²) >= 11 is 0. The Morgan fingerprint density at radius 3 is 2.11 bits per heavy atom. The number of hydrogen-bond donors (Lipinski definition) is 0. The molecule has 0 radical (unpaired) electrons. The Labute approximate surface area is 120 Å². The molecule has 0 spiro atoms. The molecule has 0 aliphatic carbocycles. The lowest BCUT2D eigenvalue weighted by molar-refractivity contribution is 0.0711. The topological polar surface area (TPSA) is 3.24 Å². The van der Waals surface area contributed by atoms with Gasteiger partial charge in [0.15, 0.2) is 0 Å². The summed E-state index contributed by atoms with van der Waals surface area (Å²) in [5.74, 6) is 0. The van der Waals surface area contributed by atoms with Crippen LogP contribution in [-0.4, -0.2) is 23.5 Å². The number of rotatable bonds is 0. The molecule has 0 saturated carbocycles. The van der Waals surface area contributed by atoms with Crippen molar-refractivity contribution in [3.05, 3.63) is 12.2 Å². The average molecular weight is 263 g/mol. The van der Waals surface area contributed by atoms with E-state index in [4.69, 9.17) is 0 Å². The Hall–Kier alpha value is -0.300. The lowest BCUT2D eigenvalue weighted by atomic mass is 9.81. The van der Waals surface area contributed by atoms with Crippen molar-refractivity contribution in [1.82, 2.24) is 4.90 Å². The van der Waals surface area contributed by atoms with Crippen LogP contribution in [0.1, 0.15) is 84.0 Å². The highest BCUT2D eigenvalue weighted by Crippen LogP contribution is 2.35. The largest absolute Gasteiger partial charge is 0.297 e. The van der Waals surface area contributed by atoms with E-state index in [0.29, 0.717) is 5.54 Å². The minimum absolute atomic E-state index is 0.420. The zero-order valence-corrected chi connectivity index (χ0v) is 13.1. The number of piperidine rings is 1. The van der Waals surface area contributed by atoms with Crippen LogP contribution >= 0.6 is 0 Å². The van der Waals surface area contributed by atoms with Gasteiger partial charge in [-0.05, 0) is 39.2 Å². The highest BCUT2D eigenvalue weighted by atomic mass is 15.2. The molecule has 0 amide bonds. The van der Waals surface area contributed by atoms with Crippen molar-refractivity contribution in [2.45, 2.75) is 89.5 Å². The molecule has 2 fully saturated rings. The summed E-state index contributed by atoms with van der Waals surface area (Å²) in [4.78, 5) is 2.79. The normalized spacial score (nSPS) is 32.8. The second kappa shape index (κ2) is 7.47. The van der Waals surface area contributed by atoms with Crippen molar-refractivity contribution in [2.75, 3.05) is 13.1 Å².